The third kappa shape index (κ3) is 1.03. The molecule has 0 spiro atoms. The van der Waals surface area contributed by atoms with Gasteiger partial charge in [0.1, 0.15) is 6.00 Å². The molecule has 0 saturated carbocycles. The number of aromatic nitrogens is 2. The molecular formula is C7H11ClN2. The lowest BCUT2D eigenvalue weighted by atomic mass is 10.2. The number of alkyl halides is 1. The molecule has 0 bridgehead atoms. The molecule has 1 aromatic rings. The average Bonchev–Trinajstić information content (AvgIpc) is 2.17. The Labute approximate surface area is 65.8 Å². The van der Waals surface area contributed by atoms with Crippen molar-refractivity contribution in [3.8, 4) is 0 Å². The summed E-state index contributed by atoms with van der Waals surface area (Å²) in [6.45, 7) is 6.07. The van der Waals surface area contributed by atoms with Crippen LogP contribution in [0.4, 0.5) is 0 Å². The van der Waals surface area contributed by atoms with Gasteiger partial charge in [0.25, 0.3) is 0 Å². The molecule has 1 heterocycles. The predicted molar refractivity (Wildman–Crippen MR) is 42.3 cm³/mol. The van der Waals surface area contributed by atoms with Crippen molar-refractivity contribution in [2.24, 2.45) is 0 Å². The Hall–Kier alpha value is -0.500. The van der Waals surface area contributed by atoms with E-state index in [2.05, 4.69) is 12.0 Å². The quantitative estimate of drug-likeness (QED) is 0.572. The van der Waals surface area contributed by atoms with Crippen LogP contribution in [0.25, 0.3) is 0 Å². The van der Waals surface area contributed by atoms with E-state index in [1.54, 1.807) is 4.68 Å². The zero-order chi connectivity index (χ0) is 7.72. The molecule has 0 unspecified atom stereocenters. The topological polar surface area (TPSA) is 17.8 Å². The summed E-state index contributed by atoms with van der Waals surface area (Å²) in [7, 11) is 0. The Balaban J connectivity index is 3.17. The lowest BCUT2D eigenvalue weighted by Gasteiger charge is -1.95. The molecule has 2 nitrogen and oxygen atoms in total. The number of rotatable bonds is 1. The summed E-state index contributed by atoms with van der Waals surface area (Å²) in [5, 5.41) is 4.21. The lowest BCUT2D eigenvalue weighted by Crippen LogP contribution is -1.96. The van der Waals surface area contributed by atoms with Crippen molar-refractivity contribution >= 4 is 11.6 Å². The molecule has 0 aliphatic rings. The van der Waals surface area contributed by atoms with Crippen LogP contribution in [0.15, 0.2) is 0 Å². The van der Waals surface area contributed by atoms with Crippen molar-refractivity contribution in [3.63, 3.8) is 0 Å². The van der Waals surface area contributed by atoms with E-state index in [-0.39, 0.29) is 0 Å². The molecule has 1 aromatic heterocycles. The monoisotopic (exact) mass is 158 g/mol. The van der Waals surface area contributed by atoms with Gasteiger partial charge in [0, 0.05) is 5.69 Å². The summed E-state index contributed by atoms with van der Waals surface area (Å²) in [5.41, 5.74) is 3.46. The SMILES string of the molecule is Cc1nn(CCl)c(C)c1C. The molecule has 0 aliphatic heterocycles. The molecular weight excluding hydrogens is 148 g/mol. The zero-order valence-electron chi connectivity index (χ0n) is 6.48. The molecule has 0 fully saturated rings. The highest BCUT2D eigenvalue weighted by Crippen LogP contribution is 2.10. The van der Waals surface area contributed by atoms with Crippen molar-refractivity contribution < 1.29 is 0 Å². The fraction of sp³-hybridized carbons (Fsp3) is 0.571. The van der Waals surface area contributed by atoms with Gasteiger partial charge in [-0.15, -0.1) is 11.6 Å². The summed E-state index contributed by atoms with van der Waals surface area (Å²) >= 11 is 5.62. The number of nitrogens with zero attached hydrogens (tertiary/aromatic N) is 2. The van der Waals surface area contributed by atoms with Crippen molar-refractivity contribution in [2.75, 3.05) is 0 Å². The van der Waals surface area contributed by atoms with Crippen LogP contribution in [-0.4, -0.2) is 9.78 Å². The fourth-order valence-corrected chi connectivity index (χ4v) is 1.14. The van der Waals surface area contributed by atoms with Gasteiger partial charge in [-0.2, -0.15) is 5.10 Å². The molecule has 3 heteroatoms. The van der Waals surface area contributed by atoms with Gasteiger partial charge in [0.2, 0.25) is 0 Å². The standard InChI is InChI=1S/C7H11ClN2/c1-5-6(2)9-10(4-8)7(5)3/h4H2,1-3H3. The average molecular weight is 159 g/mol. The van der Waals surface area contributed by atoms with E-state index in [0.29, 0.717) is 6.00 Å². The van der Waals surface area contributed by atoms with Gasteiger partial charge in [-0.3, -0.25) is 4.68 Å². The van der Waals surface area contributed by atoms with Crippen molar-refractivity contribution in [2.45, 2.75) is 26.8 Å². The van der Waals surface area contributed by atoms with Crippen molar-refractivity contribution in [1.29, 1.82) is 0 Å². The molecule has 0 radical (unpaired) electrons. The van der Waals surface area contributed by atoms with E-state index in [4.69, 9.17) is 11.6 Å². The van der Waals surface area contributed by atoms with Crippen LogP contribution in [-0.2, 0) is 6.00 Å². The fourth-order valence-electron chi connectivity index (χ4n) is 0.903. The first-order valence-corrected chi connectivity index (χ1v) is 3.77. The summed E-state index contributed by atoms with van der Waals surface area (Å²) < 4.78 is 1.80. The van der Waals surface area contributed by atoms with Crippen LogP contribution in [0, 0.1) is 20.8 Å². The van der Waals surface area contributed by atoms with Gasteiger partial charge >= 0.3 is 0 Å². The van der Waals surface area contributed by atoms with E-state index in [9.17, 15) is 0 Å². The van der Waals surface area contributed by atoms with Crippen LogP contribution >= 0.6 is 11.6 Å². The number of hydrogen-bond acceptors (Lipinski definition) is 1. The second kappa shape index (κ2) is 2.62. The maximum Gasteiger partial charge on any atom is 0.115 e. The largest absolute Gasteiger partial charge is 0.254 e. The molecule has 10 heavy (non-hydrogen) atoms. The Morgan fingerprint density at radius 3 is 2.20 bits per heavy atom. The van der Waals surface area contributed by atoms with Gasteiger partial charge in [-0.1, -0.05) is 0 Å². The molecule has 1 rings (SSSR count). The van der Waals surface area contributed by atoms with Crippen LogP contribution in [0.2, 0.25) is 0 Å². The summed E-state index contributed by atoms with van der Waals surface area (Å²) in [6, 6.07) is 0.445. The predicted octanol–water partition coefficient (Wildman–Crippen LogP) is 2.00. The molecule has 0 N–H and O–H groups in total. The molecule has 56 valence electrons. The van der Waals surface area contributed by atoms with E-state index in [1.807, 2.05) is 13.8 Å². The van der Waals surface area contributed by atoms with Crippen molar-refractivity contribution in [1.82, 2.24) is 9.78 Å². The summed E-state index contributed by atoms with van der Waals surface area (Å²) in [4.78, 5) is 0. The van der Waals surface area contributed by atoms with Crippen LogP contribution in [0.3, 0.4) is 0 Å². The van der Waals surface area contributed by atoms with E-state index in [0.717, 1.165) is 11.4 Å². The Kier molecular flexibility index (Phi) is 2.00. The second-order valence-electron chi connectivity index (χ2n) is 2.41. The zero-order valence-corrected chi connectivity index (χ0v) is 7.24. The summed E-state index contributed by atoms with van der Waals surface area (Å²) in [6.07, 6.45) is 0. The lowest BCUT2D eigenvalue weighted by molar-refractivity contribution is 0.709. The highest BCUT2D eigenvalue weighted by molar-refractivity contribution is 6.15. The molecule has 0 aliphatic carbocycles. The maximum atomic E-state index is 5.62. The molecule has 0 atom stereocenters. The number of halogens is 1. The van der Waals surface area contributed by atoms with E-state index in [1.165, 1.54) is 5.56 Å². The first kappa shape index (κ1) is 7.61. The van der Waals surface area contributed by atoms with Crippen LogP contribution in [0.5, 0.6) is 0 Å². The maximum absolute atomic E-state index is 5.62. The number of hydrogen-bond donors (Lipinski definition) is 0. The smallest absolute Gasteiger partial charge is 0.115 e. The third-order valence-corrected chi connectivity index (χ3v) is 2.08. The van der Waals surface area contributed by atoms with Gasteiger partial charge in [0.05, 0.1) is 5.69 Å². The van der Waals surface area contributed by atoms with Gasteiger partial charge < -0.3 is 0 Å². The third-order valence-electron chi connectivity index (χ3n) is 1.86. The normalized spacial score (nSPS) is 10.4. The van der Waals surface area contributed by atoms with Crippen molar-refractivity contribution in [3.05, 3.63) is 17.0 Å². The number of aryl methyl sites for hydroxylation is 1. The minimum Gasteiger partial charge on any atom is -0.254 e. The van der Waals surface area contributed by atoms with E-state index < -0.39 is 0 Å². The van der Waals surface area contributed by atoms with Gasteiger partial charge in [-0.25, -0.2) is 0 Å². The van der Waals surface area contributed by atoms with Gasteiger partial charge in [0.15, 0.2) is 0 Å². The Morgan fingerprint density at radius 2 is 2.00 bits per heavy atom. The highest BCUT2D eigenvalue weighted by Gasteiger charge is 2.04. The minimum atomic E-state index is 0.445. The highest BCUT2D eigenvalue weighted by atomic mass is 35.5. The van der Waals surface area contributed by atoms with Gasteiger partial charge in [-0.05, 0) is 26.3 Å². The first-order chi connectivity index (χ1) is 4.66. The first-order valence-electron chi connectivity index (χ1n) is 3.23. The minimum absolute atomic E-state index is 0.445. The van der Waals surface area contributed by atoms with Crippen LogP contribution in [0.1, 0.15) is 17.0 Å². The molecule has 0 saturated heterocycles. The molecule has 0 aromatic carbocycles. The van der Waals surface area contributed by atoms with Crippen LogP contribution < -0.4 is 0 Å². The second-order valence-corrected chi connectivity index (χ2v) is 2.65. The Morgan fingerprint density at radius 1 is 1.40 bits per heavy atom. The molecule has 0 amide bonds. The summed E-state index contributed by atoms with van der Waals surface area (Å²) in [5.74, 6) is 0. The Bertz CT molecular complexity index is 240. The van der Waals surface area contributed by atoms with E-state index >= 15 is 0 Å².